The Hall–Kier alpha value is -2.95. The number of amides is 2. The highest BCUT2D eigenvalue weighted by Gasteiger charge is 2.05. The van der Waals surface area contributed by atoms with Crippen molar-refractivity contribution in [2.45, 2.75) is 13.0 Å². The molecule has 3 rings (SSSR count). The number of phenols is 1. The van der Waals surface area contributed by atoms with Gasteiger partial charge in [0.05, 0.1) is 0 Å². The third-order valence-electron chi connectivity index (χ3n) is 3.73. The molecule has 0 saturated heterocycles. The molecule has 4 N–H and O–H groups in total. The van der Waals surface area contributed by atoms with Gasteiger partial charge in [-0.1, -0.05) is 30.3 Å². The minimum Gasteiger partial charge on any atom is -0.508 e. The van der Waals surface area contributed by atoms with Crippen LogP contribution in [0, 0.1) is 0 Å². The molecule has 0 aliphatic heterocycles. The van der Waals surface area contributed by atoms with Crippen molar-refractivity contribution in [3.05, 3.63) is 65.9 Å². The van der Waals surface area contributed by atoms with Crippen LogP contribution in [0.5, 0.6) is 5.75 Å². The molecule has 0 unspecified atom stereocenters. The molecule has 2 aromatic carbocycles. The lowest BCUT2D eigenvalue weighted by Gasteiger charge is -2.07. The van der Waals surface area contributed by atoms with Gasteiger partial charge in [-0.05, 0) is 35.7 Å². The molecule has 0 saturated carbocycles. The first-order valence-corrected chi connectivity index (χ1v) is 7.57. The highest BCUT2D eigenvalue weighted by Crippen LogP contribution is 2.22. The maximum absolute atomic E-state index is 11.8. The van der Waals surface area contributed by atoms with Crippen LogP contribution in [-0.4, -0.2) is 22.7 Å². The zero-order chi connectivity index (χ0) is 16.1. The first-order chi connectivity index (χ1) is 11.2. The van der Waals surface area contributed by atoms with E-state index >= 15 is 0 Å². The third kappa shape index (κ3) is 3.83. The minimum atomic E-state index is -0.184. The third-order valence-corrected chi connectivity index (χ3v) is 3.73. The quantitative estimate of drug-likeness (QED) is 0.585. The van der Waals surface area contributed by atoms with E-state index in [4.69, 9.17) is 0 Å². The summed E-state index contributed by atoms with van der Waals surface area (Å²) in [7, 11) is 0. The topological polar surface area (TPSA) is 77.2 Å². The van der Waals surface area contributed by atoms with Crippen LogP contribution in [0.1, 0.15) is 11.1 Å². The van der Waals surface area contributed by atoms with Gasteiger partial charge in [-0.2, -0.15) is 0 Å². The SMILES string of the molecule is O=C(NCCc1c[nH]c2ccc(O)cc12)NCc1ccccc1. The summed E-state index contributed by atoms with van der Waals surface area (Å²) in [5.41, 5.74) is 3.11. The van der Waals surface area contributed by atoms with Gasteiger partial charge in [-0.25, -0.2) is 4.79 Å². The van der Waals surface area contributed by atoms with Crippen LogP contribution < -0.4 is 10.6 Å². The fourth-order valence-electron chi connectivity index (χ4n) is 2.52. The molecule has 1 heterocycles. The van der Waals surface area contributed by atoms with Crippen molar-refractivity contribution in [1.29, 1.82) is 0 Å². The van der Waals surface area contributed by atoms with Crippen molar-refractivity contribution in [3.63, 3.8) is 0 Å². The molecular formula is C18H19N3O2. The van der Waals surface area contributed by atoms with Gasteiger partial charge in [-0.15, -0.1) is 0 Å². The highest BCUT2D eigenvalue weighted by atomic mass is 16.3. The molecular weight excluding hydrogens is 290 g/mol. The van der Waals surface area contributed by atoms with Gasteiger partial charge in [-0.3, -0.25) is 0 Å². The van der Waals surface area contributed by atoms with Gasteiger partial charge in [0.2, 0.25) is 0 Å². The Morgan fingerprint density at radius 1 is 1.09 bits per heavy atom. The molecule has 118 valence electrons. The maximum Gasteiger partial charge on any atom is 0.315 e. The van der Waals surface area contributed by atoms with E-state index in [1.165, 1.54) is 0 Å². The molecule has 5 nitrogen and oxygen atoms in total. The van der Waals surface area contributed by atoms with E-state index in [0.717, 1.165) is 22.0 Å². The largest absolute Gasteiger partial charge is 0.508 e. The van der Waals surface area contributed by atoms with Crippen LogP contribution >= 0.6 is 0 Å². The standard InChI is InChI=1S/C18H19N3O2/c22-15-6-7-17-16(10-15)14(12-20-17)8-9-19-18(23)21-11-13-4-2-1-3-5-13/h1-7,10,12,20,22H,8-9,11H2,(H2,19,21,23). The highest BCUT2D eigenvalue weighted by molar-refractivity contribution is 5.84. The van der Waals surface area contributed by atoms with E-state index in [0.29, 0.717) is 19.5 Å². The molecule has 23 heavy (non-hydrogen) atoms. The summed E-state index contributed by atoms with van der Waals surface area (Å²) >= 11 is 0. The van der Waals surface area contributed by atoms with Gasteiger partial charge in [0.15, 0.2) is 0 Å². The van der Waals surface area contributed by atoms with Gasteiger partial charge in [0, 0.05) is 30.2 Å². The minimum absolute atomic E-state index is 0.184. The lowest BCUT2D eigenvalue weighted by atomic mass is 10.1. The summed E-state index contributed by atoms with van der Waals surface area (Å²) in [5.74, 6) is 0.243. The molecule has 0 aliphatic carbocycles. The van der Waals surface area contributed by atoms with Crippen LogP contribution in [0.4, 0.5) is 4.79 Å². The number of aromatic amines is 1. The molecule has 0 atom stereocenters. The number of nitrogens with one attached hydrogen (secondary N) is 3. The Bertz CT molecular complexity index is 796. The second-order valence-corrected chi connectivity index (χ2v) is 5.39. The monoisotopic (exact) mass is 309 g/mol. The van der Waals surface area contributed by atoms with E-state index in [1.807, 2.05) is 42.6 Å². The van der Waals surface area contributed by atoms with Crippen molar-refractivity contribution in [2.75, 3.05) is 6.54 Å². The van der Waals surface area contributed by atoms with Crippen LogP contribution in [-0.2, 0) is 13.0 Å². The number of hydrogen-bond donors (Lipinski definition) is 4. The predicted molar refractivity (Wildman–Crippen MR) is 90.3 cm³/mol. The summed E-state index contributed by atoms with van der Waals surface area (Å²) in [6.45, 7) is 1.04. The Kier molecular flexibility index (Phi) is 4.47. The van der Waals surface area contributed by atoms with E-state index in [2.05, 4.69) is 15.6 Å². The van der Waals surface area contributed by atoms with Crippen molar-refractivity contribution in [3.8, 4) is 5.75 Å². The lowest BCUT2D eigenvalue weighted by Crippen LogP contribution is -2.36. The van der Waals surface area contributed by atoms with E-state index in [9.17, 15) is 9.90 Å². The van der Waals surface area contributed by atoms with Gasteiger partial charge < -0.3 is 20.7 Å². The van der Waals surface area contributed by atoms with Crippen LogP contribution in [0.2, 0.25) is 0 Å². The Morgan fingerprint density at radius 3 is 2.74 bits per heavy atom. The summed E-state index contributed by atoms with van der Waals surface area (Å²) in [6.07, 6.45) is 2.61. The number of carbonyl (C=O) groups excluding carboxylic acids is 1. The zero-order valence-corrected chi connectivity index (χ0v) is 12.7. The zero-order valence-electron chi connectivity index (χ0n) is 12.7. The first-order valence-electron chi connectivity index (χ1n) is 7.57. The van der Waals surface area contributed by atoms with E-state index in [-0.39, 0.29) is 11.8 Å². The molecule has 0 spiro atoms. The Morgan fingerprint density at radius 2 is 1.91 bits per heavy atom. The number of fused-ring (bicyclic) bond motifs is 1. The molecule has 0 bridgehead atoms. The number of urea groups is 1. The number of aromatic hydroxyl groups is 1. The van der Waals surface area contributed by atoms with Gasteiger partial charge >= 0.3 is 6.03 Å². The molecule has 0 radical (unpaired) electrons. The number of hydrogen-bond acceptors (Lipinski definition) is 2. The number of H-pyrrole nitrogens is 1. The second-order valence-electron chi connectivity index (χ2n) is 5.39. The molecule has 5 heteroatoms. The van der Waals surface area contributed by atoms with Crippen molar-refractivity contribution in [1.82, 2.24) is 15.6 Å². The first kappa shape index (κ1) is 15.0. The molecule has 3 aromatic rings. The molecule has 0 fully saturated rings. The van der Waals surface area contributed by atoms with Crippen LogP contribution in [0.25, 0.3) is 10.9 Å². The number of phenolic OH excluding ortho intramolecular Hbond substituents is 1. The van der Waals surface area contributed by atoms with E-state index < -0.39 is 0 Å². The van der Waals surface area contributed by atoms with Gasteiger partial charge in [0.1, 0.15) is 5.75 Å². The fourth-order valence-corrected chi connectivity index (χ4v) is 2.52. The van der Waals surface area contributed by atoms with Gasteiger partial charge in [0.25, 0.3) is 0 Å². The fraction of sp³-hybridized carbons (Fsp3) is 0.167. The van der Waals surface area contributed by atoms with Crippen molar-refractivity contribution in [2.24, 2.45) is 0 Å². The number of benzene rings is 2. The maximum atomic E-state index is 11.8. The summed E-state index contributed by atoms with van der Waals surface area (Å²) in [5, 5.41) is 16.2. The molecule has 2 amide bonds. The summed E-state index contributed by atoms with van der Waals surface area (Å²) in [4.78, 5) is 15.0. The smallest absolute Gasteiger partial charge is 0.315 e. The number of carbonyl (C=O) groups is 1. The summed E-state index contributed by atoms with van der Waals surface area (Å²) < 4.78 is 0. The number of rotatable bonds is 5. The molecule has 1 aromatic heterocycles. The van der Waals surface area contributed by atoms with Crippen molar-refractivity contribution >= 4 is 16.9 Å². The average molecular weight is 309 g/mol. The van der Waals surface area contributed by atoms with Crippen LogP contribution in [0.15, 0.2) is 54.7 Å². The normalized spacial score (nSPS) is 10.6. The predicted octanol–water partition coefficient (Wildman–Crippen LogP) is 2.92. The second kappa shape index (κ2) is 6.87. The molecule has 0 aliphatic rings. The lowest BCUT2D eigenvalue weighted by molar-refractivity contribution is 0.240. The summed E-state index contributed by atoms with van der Waals surface area (Å²) in [6, 6.07) is 14.8. The Labute approximate surface area is 134 Å². The van der Waals surface area contributed by atoms with E-state index in [1.54, 1.807) is 12.1 Å². The van der Waals surface area contributed by atoms with Crippen molar-refractivity contribution < 1.29 is 9.90 Å². The Balaban J connectivity index is 1.48. The average Bonchev–Trinajstić information content (AvgIpc) is 2.96. The van der Waals surface area contributed by atoms with Crippen LogP contribution in [0.3, 0.4) is 0 Å². The number of aromatic nitrogens is 1.